The first-order valence-electron chi connectivity index (χ1n) is 8.60. The number of carbonyl (C=O) groups excluding carboxylic acids is 1. The second-order valence-electron chi connectivity index (χ2n) is 6.17. The summed E-state index contributed by atoms with van der Waals surface area (Å²) in [5, 5.41) is 4.13. The van der Waals surface area contributed by atoms with Gasteiger partial charge in [0, 0.05) is 35.5 Å². The number of hydrogen-bond donors (Lipinski definition) is 1. The molecule has 2 aromatic heterocycles. The van der Waals surface area contributed by atoms with E-state index < -0.39 is 0 Å². The highest BCUT2D eigenvalue weighted by molar-refractivity contribution is 5.89. The molecule has 0 aliphatic carbocycles. The molecule has 0 aliphatic heterocycles. The summed E-state index contributed by atoms with van der Waals surface area (Å²) in [6.07, 6.45) is 3.46. The Hall–Kier alpha value is -3.40. The third-order valence-electron chi connectivity index (χ3n) is 4.42. The van der Waals surface area contributed by atoms with Gasteiger partial charge in [0.2, 0.25) is 5.91 Å². The Labute approximate surface area is 152 Å². The van der Waals surface area contributed by atoms with Crippen molar-refractivity contribution in [3.63, 3.8) is 0 Å². The molecule has 0 radical (unpaired) electrons. The van der Waals surface area contributed by atoms with Crippen molar-refractivity contribution in [2.24, 2.45) is 0 Å². The molecule has 26 heavy (non-hydrogen) atoms. The molecule has 0 spiro atoms. The van der Waals surface area contributed by atoms with E-state index in [1.54, 1.807) is 12.4 Å². The number of benzene rings is 2. The molecule has 4 rings (SSSR count). The molecule has 2 aromatic carbocycles. The van der Waals surface area contributed by atoms with Crippen LogP contribution in [0, 0.1) is 0 Å². The maximum atomic E-state index is 12.6. The average molecular weight is 341 g/mol. The maximum absolute atomic E-state index is 12.6. The molecule has 1 amide bonds. The SMILES string of the molecule is O=C(Cn1c(-c2ccccc2)cc2ccccc21)NCc1ccncc1. The van der Waals surface area contributed by atoms with Gasteiger partial charge in [-0.15, -0.1) is 0 Å². The number of amides is 1. The fourth-order valence-corrected chi connectivity index (χ4v) is 3.13. The van der Waals surface area contributed by atoms with Gasteiger partial charge >= 0.3 is 0 Å². The van der Waals surface area contributed by atoms with E-state index in [2.05, 4.69) is 45.2 Å². The number of para-hydroxylation sites is 1. The Kier molecular flexibility index (Phi) is 4.48. The second-order valence-corrected chi connectivity index (χ2v) is 6.17. The van der Waals surface area contributed by atoms with Gasteiger partial charge in [0.15, 0.2) is 0 Å². The van der Waals surface area contributed by atoms with Crippen molar-refractivity contribution in [2.75, 3.05) is 0 Å². The van der Waals surface area contributed by atoms with Gasteiger partial charge in [0.1, 0.15) is 6.54 Å². The Bertz CT molecular complexity index is 1020. The van der Waals surface area contributed by atoms with Crippen molar-refractivity contribution < 1.29 is 4.79 Å². The molecule has 4 heteroatoms. The predicted molar refractivity (Wildman–Crippen MR) is 103 cm³/mol. The molecular weight excluding hydrogens is 322 g/mol. The molecule has 1 N–H and O–H groups in total. The number of rotatable bonds is 5. The second kappa shape index (κ2) is 7.23. The molecule has 0 saturated carbocycles. The molecule has 2 heterocycles. The van der Waals surface area contributed by atoms with E-state index in [9.17, 15) is 4.79 Å². The summed E-state index contributed by atoms with van der Waals surface area (Å²) < 4.78 is 2.08. The van der Waals surface area contributed by atoms with Crippen LogP contribution in [0.4, 0.5) is 0 Å². The predicted octanol–water partition coefficient (Wildman–Crippen LogP) is 4.02. The number of aromatic nitrogens is 2. The van der Waals surface area contributed by atoms with Crippen LogP contribution >= 0.6 is 0 Å². The Morgan fingerprint density at radius 1 is 0.923 bits per heavy atom. The van der Waals surface area contributed by atoms with Crippen LogP contribution in [-0.2, 0) is 17.9 Å². The van der Waals surface area contributed by atoms with Gasteiger partial charge in [-0.05, 0) is 35.4 Å². The number of hydrogen-bond acceptors (Lipinski definition) is 2. The molecule has 0 saturated heterocycles. The minimum Gasteiger partial charge on any atom is -0.350 e. The lowest BCUT2D eigenvalue weighted by Crippen LogP contribution is -2.27. The first kappa shape index (κ1) is 16.1. The number of nitrogens with one attached hydrogen (secondary N) is 1. The summed E-state index contributed by atoms with van der Waals surface area (Å²) in [5.41, 5.74) is 4.25. The number of nitrogens with zero attached hydrogens (tertiary/aromatic N) is 2. The molecule has 0 bridgehead atoms. The van der Waals surface area contributed by atoms with Crippen LogP contribution in [0.2, 0.25) is 0 Å². The van der Waals surface area contributed by atoms with Crippen LogP contribution in [0.15, 0.2) is 85.2 Å². The third kappa shape index (κ3) is 3.35. The van der Waals surface area contributed by atoms with E-state index in [0.717, 1.165) is 27.7 Å². The van der Waals surface area contributed by atoms with Gasteiger partial charge in [-0.1, -0.05) is 48.5 Å². The zero-order valence-corrected chi connectivity index (χ0v) is 14.3. The van der Waals surface area contributed by atoms with E-state index in [4.69, 9.17) is 0 Å². The summed E-state index contributed by atoms with van der Waals surface area (Å²) in [5.74, 6) is -0.0136. The minimum absolute atomic E-state index is 0.0136. The summed E-state index contributed by atoms with van der Waals surface area (Å²) >= 11 is 0. The highest BCUT2D eigenvalue weighted by atomic mass is 16.1. The van der Waals surface area contributed by atoms with E-state index in [0.29, 0.717) is 6.54 Å². The van der Waals surface area contributed by atoms with Crippen molar-refractivity contribution in [1.82, 2.24) is 14.9 Å². The summed E-state index contributed by atoms with van der Waals surface area (Å²) in [7, 11) is 0. The zero-order chi connectivity index (χ0) is 17.8. The lowest BCUT2D eigenvalue weighted by molar-refractivity contribution is -0.121. The highest BCUT2D eigenvalue weighted by Gasteiger charge is 2.13. The van der Waals surface area contributed by atoms with E-state index in [1.165, 1.54) is 0 Å². The number of carbonyl (C=O) groups is 1. The largest absolute Gasteiger partial charge is 0.350 e. The average Bonchev–Trinajstić information content (AvgIpc) is 3.06. The smallest absolute Gasteiger partial charge is 0.240 e. The summed E-state index contributed by atoms with van der Waals surface area (Å²) in [4.78, 5) is 16.6. The number of pyridine rings is 1. The van der Waals surface area contributed by atoms with Crippen molar-refractivity contribution in [1.29, 1.82) is 0 Å². The van der Waals surface area contributed by atoms with Crippen molar-refractivity contribution in [3.8, 4) is 11.3 Å². The van der Waals surface area contributed by atoms with Gasteiger partial charge in [-0.25, -0.2) is 0 Å². The van der Waals surface area contributed by atoms with Crippen LogP contribution in [0.1, 0.15) is 5.56 Å². The summed E-state index contributed by atoms with van der Waals surface area (Å²) in [6.45, 7) is 0.782. The van der Waals surface area contributed by atoms with Gasteiger partial charge < -0.3 is 9.88 Å². The quantitative estimate of drug-likeness (QED) is 0.596. The molecule has 0 aliphatic rings. The van der Waals surface area contributed by atoms with E-state index >= 15 is 0 Å². The van der Waals surface area contributed by atoms with E-state index in [-0.39, 0.29) is 12.5 Å². The molecule has 0 fully saturated rings. The maximum Gasteiger partial charge on any atom is 0.240 e. The van der Waals surface area contributed by atoms with Crippen LogP contribution in [0.25, 0.3) is 22.2 Å². The van der Waals surface area contributed by atoms with Crippen molar-refractivity contribution >= 4 is 16.8 Å². The Morgan fingerprint density at radius 2 is 1.65 bits per heavy atom. The van der Waals surface area contributed by atoms with Crippen molar-refractivity contribution in [3.05, 3.63) is 90.8 Å². The molecule has 128 valence electrons. The molecular formula is C22H19N3O. The number of fused-ring (bicyclic) bond motifs is 1. The normalized spacial score (nSPS) is 10.8. The van der Waals surface area contributed by atoms with E-state index in [1.807, 2.05) is 42.5 Å². The Balaban J connectivity index is 1.61. The Morgan fingerprint density at radius 3 is 2.46 bits per heavy atom. The molecule has 4 aromatic rings. The zero-order valence-electron chi connectivity index (χ0n) is 14.3. The first-order chi connectivity index (χ1) is 12.8. The van der Waals surface area contributed by atoms with Gasteiger partial charge in [-0.2, -0.15) is 0 Å². The third-order valence-corrected chi connectivity index (χ3v) is 4.42. The van der Waals surface area contributed by atoms with Gasteiger partial charge in [0.05, 0.1) is 0 Å². The fraction of sp³-hybridized carbons (Fsp3) is 0.0909. The lowest BCUT2D eigenvalue weighted by Gasteiger charge is -2.11. The molecule has 4 nitrogen and oxygen atoms in total. The van der Waals surface area contributed by atoms with Crippen molar-refractivity contribution in [2.45, 2.75) is 13.1 Å². The van der Waals surface area contributed by atoms with Crippen LogP contribution in [0.3, 0.4) is 0 Å². The standard InChI is InChI=1S/C22H19N3O/c26-22(24-15-17-10-12-23-13-11-17)16-25-20-9-5-4-8-19(20)14-21(25)18-6-2-1-3-7-18/h1-14H,15-16H2,(H,24,26). The molecule has 0 unspecified atom stereocenters. The first-order valence-corrected chi connectivity index (χ1v) is 8.60. The summed E-state index contributed by atoms with van der Waals surface area (Å²) in [6, 6.07) is 24.3. The highest BCUT2D eigenvalue weighted by Crippen LogP contribution is 2.28. The van der Waals surface area contributed by atoms with Crippen LogP contribution in [-0.4, -0.2) is 15.5 Å². The van der Waals surface area contributed by atoms with Crippen LogP contribution < -0.4 is 5.32 Å². The fourth-order valence-electron chi connectivity index (χ4n) is 3.13. The molecule has 0 atom stereocenters. The minimum atomic E-state index is -0.0136. The van der Waals surface area contributed by atoms with Gasteiger partial charge in [-0.3, -0.25) is 9.78 Å². The lowest BCUT2D eigenvalue weighted by atomic mass is 10.1. The van der Waals surface area contributed by atoms with Gasteiger partial charge in [0.25, 0.3) is 0 Å². The monoisotopic (exact) mass is 341 g/mol. The topological polar surface area (TPSA) is 46.9 Å². The van der Waals surface area contributed by atoms with Crippen LogP contribution in [0.5, 0.6) is 0 Å².